The van der Waals surface area contributed by atoms with E-state index >= 15 is 0 Å². The number of aliphatic imine (C=N–C) groups is 1. The molecule has 0 aliphatic carbocycles. The van der Waals surface area contributed by atoms with Gasteiger partial charge in [0.05, 0.1) is 16.5 Å². The Kier molecular flexibility index (Phi) is 8.63. The number of hydrogen-bond donors (Lipinski definition) is 1. The van der Waals surface area contributed by atoms with Crippen molar-refractivity contribution in [3.05, 3.63) is 35.4 Å². The molecule has 0 aromatic heterocycles. The van der Waals surface area contributed by atoms with Crippen molar-refractivity contribution >= 4 is 39.8 Å². The SMILES string of the molecule is CN=C(NCC(c1c(F)cccc1F)N(C)C)N1CCS(=O)(=O)C(C)(C)C1.I. The van der Waals surface area contributed by atoms with E-state index < -0.39 is 32.3 Å². The highest BCUT2D eigenvalue weighted by Crippen LogP contribution is 2.25. The minimum absolute atomic E-state index is 0. The number of nitrogens with one attached hydrogen (secondary N) is 1. The van der Waals surface area contributed by atoms with Gasteiger partial charge in [-0.05, 0) is 40.1 Å². The zero-order chi connectivity index (χ0) is 20.4. The van der Waals surface area contributed by atoms with Gasteiger partial charge in [0.25, 0.3) is 0 Å². The second-order valence-electron chi connectivity index (χ2n) is 7.54. The maximum Gasteiger partial charge on any atom is 0.193 e. The van der Waals surface area contributed by atoms with Crippen molar-refractivity contribution in [1.29, 1.82) is 0 Å². The summed E-state index contributed by atoms with van der Waals surface area (Å²) < 4.78 is 51.9. The molecule has 1 aliphatic rings. The van der Waals surface area contributed by atoms with Crippen LogP contribution in [0.5, 0.6) is 0 Å². The van der Waals surface area contributed by atoms with E-state index in [0.717, 1.165) is 0 Å². The van der Waals surface area contributed by atoms with Crippen LogP contribution in [0.25, 0.3) is 0 Å². The highest BCUT2D eigenvalue weighted by atomic mass is 127. The van der Waals surface area contributed by atoms with Crippen LogP contribution < -0.4 is 5.32 Å². The summed E-state index contributed by atoms with van der Waals surface area (Å²) in [5, 5.41) is 3.14. The van der Waals surface area contributed by atoms with E-state index in [2.05, 4.69) is 10.3 Å². The first-order valence-corrected chi connectivity index (χ1v) is 10.4. The molecule has 0 radical (unpaired) electrons. The lowest BCUT2D eigenvalue weighted by atomic mass is 10.0. The molecule has 1 saturated heterocycles. The fraction of sp³-hybridized carbons (Fsp3) is 0.611. The van der Waals surface area contributed by atoms with E-state index in [1.807, 2.05) is 4.90 Å². The van der Waals surface area contributed by atoms with E-state index in [4.69, 9.17) is 0 Å². The Morgan fingerprint density at radius 2 is 1.89 bits per heavy atom. The van der Waals surface area contributed by atoms with E-state index in [9.17, 15) is 17.2 Å². The standard InChI is InChI=1S/C18H28F2N4O2S.HI/c1-18(2)12-24(9-10-27(18,25)26)17(21-3)22-11-15(23(4)5)16-13(19)7-6-8-14(16)20;/h6-8,15H,9-12H2,1-5H3,(H,21,22);1H. The predicted octanol–water partition coefficient (Wildman–Crippen LogP) is 2.27. The molecular weight excluding hydrogens is 501 g/mol. The predicted molar refractivity (Wildman–Crippen MR) is 119 cm³/mol. The molecule has 10 heteroatoms. The van der Waals surface area contributed by atoms with Crippen LogP contribution in [0.4, 0.5) is 8.78 Å². The van der Waals surface area contributed by atoms with Crippen LogP contribution in [-0.4, -0.2) is 75.5 Å². The smallest absolute Gasteiger partial charge is 0.193 e. The number of hydrogen-bond acceptors (Lipinski definition) is 4. The Hall–Kier alpha value is -1.01. The van der Waals surface area contributed by atoms with Gasteiger partial charge in [-0.15, -0.1) is 24.0 Å². The van der Waals surface area contributed by atoms with E-state index in [1.54, 1.807) is 39.9 Å². The van der Waals surface area contributed by atoms with Crippen LogP contribution in [0.2, 0.25) is 0 Å². The maximum absolute atomic E-state index is 14.2. The largest absolute Gasteiger partial charge is 0.354 e. The van der Waals surface area contributed by atoms with Gasteiger partial charge in [-0.2, -0.15) is 0 Å². The zero-order valence-electron chi connectivity index (χ0n) is 16.9. The number of benzene rings is 1. The van der Waals surface area contributed by atoms with Crippen LogP contribution in [0.1, 0.15) is 25.5 Å². The summed E-state index contributed by atoms with van der Waals surface area (Å²) in [4.78, 5) is 7.82. The summed E-state index contributed by atoms with van der Waals surface area (Å²) in [7, 11) is 1.93. The molecular formula is C18H29F2IN4O2S. The summed E-state index contributed by atoms with van der Waals surface area (Å²) in [5.74, 6) is -0.646. The fourth-order valence-corrected chi connectivity index (χ4v) is 4.58. The summed E-state index contributed by atoms with van der Waals surface area (Å²) in [6, 6.07) is 3.26. The Morgan fingerprint density at radius 3 is 2.36 bits per heavy atom. The second-order valence-corrected chi connectivity index (χ2v) is 10.3. The van der Waals surface area contributed by atoms with Gasteiger partial charge in [-0.1, -0.05) is 6.07 Å². The fourth-order valence-electron chi connectivity index (χ4n) is 3.22. The Labute approximate surface area is 183 Å². The van der Waals surface area contributed by atoms with Crippen LogP contribution >= 0.6 is 24.0 Å². The quantitative estimate of drug-likeness (QED) is 0.368. The Balaban J connectivity index is 0.00000392. The lowest BCUT2D eigenvalue weighted by Crippen LogP contribution is -2.57. The molecule has 0 amide bonds. The molecule has 0 spiro atoms. The molecule has 1 heterocycles. The van der Waals surface area contributed by atoms with Crippen molar-refractivity contribution in [2.45, 2.75) is 24.6 Å². The number of nitrogens with zero attached hydrogens (tertiary/aromatic N) is 3. The molecule has 1 aliphatic heterocycles. The normalized spacial score (nSPS) is 19.9. The highest BCUT2D eigenvalue weighted by Gasteiger charge is 2.41. The van der Waals surface area contributed by atoms with E-state index in [0.29, 0.717) is 19.0 Å². The molecule has 0 saturated carbocycles. The summed E-state index contributed by atoms with van der Waals surface area (Å²) >= 11 is 0. The van der Waals surface area contributed by atoms with Crippen molar-refractivity contribution in [1.82, 2.24) is 15.1 Å². The van der Waals surface area contributed by atoms with Gasteiger partial charge in [0.1, 0.15) is 11.6 Å². The average molecular weight is 530 g/mol. The molecule has 1 N–H and O–H groups in total. The first kappa shape index (κ1) is 25.0. The third-order valence-electron chi connectivity index (χ3n) is 4.96. The minimum atomic E-state index is -3.17. The van der Waals surface area contributed by atoms with Gasteiger partial charge in [0.15, 0.2) is 15.8 Å². The van der Waals surface area contributed by atoms with Crippen LogP contribution in [0.15, 0.2) is 23.2 Å². The number of halogens is 3. The van der Waals surface area contributed by atoms with Crippen LogP contribution in [0, 0.1) is 11.6 Å². The average Bonchev–Trinajstić information content (AvgIpc) is 2.56. The first-order valence-electron chi connectivity index (χ1n) is 8.78. The van der Waals surface area contributed by atoms with Crippen molar-refractivity contribution in [3.63, 3.8) is 0 Å². The molecule has 28 heavy (non-hydrogen) atoms. The Bertz CT molecular complexity index is 796. The van der Waals surface area contributed by atoms with E-state index in [-0.39, 0.29) is 41.8 Å². The Morgan fingerprint density at radius 1 is 1.32 bits per heavy atom. The summed E-state index contributed by atoms with van der Waals surface area (Å²) in [6.07, 6.45) is 0. The van der Waals surface area contributed by atoms with Gasteiger partial charge in [-0.25, -0.2) is 17.2 Å². The molecule has 1 aromatic carbocycles. The second kappa shape index (κ2) is 9.66. The first-order chi connectivity index (χ1) is 12.5. The lowest BCUT2D eigenvalue weighted by molar-refractivity contribution is 0.277. The highest BCUT2D eigenvalue weighted by molar-refractivity contribution is 14.0. The number of guanidine groups is 1. The van der Waals surface area contributed by atoms with Gasteiger partial charge >= 0.3 is 0 Å². The summed E-state index contributed by atoms with van der Waals surface area (Å²) in [6.45, 7) is 4.24. The third kappa shape index (κ3) is 5.32. The molecule has 0 bridgehead atoms. The molecule has 160 valence electrons. The van der Waals surface area contributed by atoms with Crippen molar-refractivity contribution in [2.24, 2.45) is 4.99 Å². The van der Waals surface area contributed by atoms with Crippen molar-refractivity contribution in [3.8, 4) is 0 Å². The number of rotatable bonds is 4. The maximum atomic E-state index is 14.2. The van der Waals surface area contributed by atoms with Gasteiger partial charge in [0.2, 0.25) is 0 Å². The number of likely N-dealkylation sites (N-methyl/N-ethyl adjacent to an activating group) is 1. The van der Waals surface area contributed by atoms with Crippen molar-refractivity contribution in [2.75, 3.05) is 46.5 Å². The van der Waals surface area contributed by atoms with Crippen LogP contribution in [-0.2, 0) is 9.84 Å². The van der Waals surface area contributed by atoms with E-state index in [1.165, 1.54) is 18.2 Å². The topological polar surface area (TPSA) is 65.0 Å². The van der Waals surface area contributed by atoms with Crippen molar-refractivity contribution < 1.29 is 17.2 Å². The van der Waals surface area contributed by atoms with Gasteiger partial charge in [0, 0.05) is 32.2 Å². The molecule has 1 unspecified atom stereocenters. The minimum Gasteiger partial charge on any atom is -0.354 e. The lowest BCUT2D eigenvalue weighted by Gasteiger charge is -2.39. The zero-order valence-corrected chi connectivity index (χ0v) is 20.0. The molecule has 1 atom stereocenters. The van der Waals surface area contributed by atoms with Crippen LogP contribution in [0.3, 0.4) is 0 Å². The molecule has 1 fully saturated rings. The molecule has 6 nitrogen and oxygen atoms in total. The molecule has 1 aromatic rings. The van der Waals surface area contributed by atoms with Gasteiger partial charge in [-0.3, -0.25) is 4.99 Å². The monoisotopic (exact) mass is 530 g/mol. The number of sulfone groups is 1. The van der Waals surface area contributed by atoms with Gasteiger partial charge < -0.3 is 15.1 Å². The summed E-state index contributed by atoms with van der Waals surface area (Å²) in [5.41, 5.74) is -0.00740. The third-order valence-corrected chi connectivity index (χ3v) is 7.50. The molecule has 2 rings (SSSR count).